The molecule has 0 aliphatic rings. The molecule has 0 fully saturated rings. The Balaban J connectivity index is 2.96. The fraction of sp³-hybridized carbons (Fsp3) is 0.538. The molecule has 0 spiro atoms. The van der Waals surface area contributed by atoms with E-state index in [-0.39, 0.29) is 5.75 Å². The summed E-state index contributed by atoms with van der Waals surface area (Å²) in [6, 6.07) is 4.88. The molecule has 5 nitrogen and oxygen atoms in total. The summed E-state index contributed by atoms with van der Waals surface area (Å²) >= 11 is 0. The zero-order valence-electron chi connectivity index (χ0n) is 11.8. The maximum atomic E-state index is 12.2. The summed E-state index contributed by atoms with van der Waals surface area (Å²) in [6.45, 7) is 4.31. The largest absolute Gasteiger partial charge is 0.573 e. The lowest BCUT2D eigenvalue weighted by Gasteiger charge is -2.26. The molecule has 1 atom stereocenters. The van der Waals surface area contributed by atoms with E-state index in [4.69, 9.17) is 15.3 Å². The van der Waals surface area contributed by atoms with Crippen LogP contribution in [-0.2, 0) is 9.47 Å². The van der Waals surface area contributed by atoms with Crippen molar-refractivity contribution >= 4 is 0 Å². The maximum Gasteiger partial charge on any atom is 0.573 e. The molecule has 1 rings (SSSR count). The van der Waals surface area contributed by atoms with Gasteiger partial charge in [0.05, 0.1) is 6.04 Å². The summed E-state index contributed by atoms with van der Waals surface area (Å²) in [6.07, 6.45) is -5.46. The molecule has 0 saturated carbocycles. The maximum absolute atomic E-state index is 12.2. The predicted octanol–water partition coefficient (Wildman–Crippen LogP) is 2.49. The molecular weight excluding hydrogens is 289 g/mol. The van der Waals surface area contributed by atoms with E-state index in [0.717, 1.165) is 0 Å². The number of halogens is 3. The van der Waals surface area contributed by atoms with Gasteiger partial charge >= 0.3 is 6.36 Å². The van der Waals surface area contributed by atoms with Crippen LogP contribution < -0.4 is 16.0 Å². The topological polar surface area (TPSA) is 65.7 Å². The molecule has 1 unspecified atom stereocenters. The van der Waals surface area contributed by atoms with E-state index in [1.807, 2.05) is 0 Å². The number of nitrogens with one attached hydrogen (secondary N) is 1. The van der Waals surface area contributed by atoms with Crippen LogP contribution in [0.15, 0.2) is 24.3 Å². The molecule has 0 radical (unpaired) electrons. The second-order valence-electron chi connectivity index (χ2n) is 4.04. The average Bonchev–Trinajstić information content (AvgIpc) is 2.38. The fourth-order valence-electron chi connectivity index (χ4n) is 1.81. The standard InChI is InChI=1S/C13H19F3N2O3/c1-3-19-12(20-4-2)11(18-17)9-6-5-7-10(8-9)21-13(14,15)16/h5-8,11-12,18H,3-4,17H2,1-2H3. The smallest absolute Gasteiger partial charge is 0.406 e. The first-order valence-electron chi connectivity index (χ1n) is 6.46. The molecule has 0 amide bonds. The molecule has 8 heteroatoms. The van der Waals surface area contributed by atoms with Crippen molar-refractivity contribution < 1.29 is 27.4 Å². The SMILES string of the molecule is CCOC(OCC)C(NN)c1cccc(OC(F)(F)F)c1. The Hall–Kier alpha value is -1.35. The molecule has 0 heterocycles. The van der Waals surface area contributed by atoms with Crippen LogP contribution in [0.5, 0.6) is 5.75 Å². The van der Waals surface area contributed by atoms with E-state index in [1.54, 1.807) is 19.9 Å². The van der Waals surface area contributed by atoms with Gasteiger partial charge in [0.2, 0.25) is 0 Å². The number of hydrogen-bond acceptors (Lipinski definition) is 5. The van der Waals surface area contributed by atoms with Crippen LogP contribution in [0.25, 0.3) is 0 Å². The van der Waals surface area contributed by atoms with Crippen LogP contribution >= 0.6 is 0 Å². The fourth-order valence-corrected chi connectivity index (χ4v) is 1.81. The molecule has 1 aromatic rings. The predicted molar refractivity (Wildman–Crippen MR) is 70.2 cm³/mol. The zero-order chi connectivity index (χ0) is 15.9. The number of ether oxygens (including phenoxy) is 3. The Morgan fingerprint density at radius 1 is 1.19 bits per heavy atom. The molecule has 0 bridgehead atoms. The Morgan fingerprint density at radius 3 is 2.29 bits per heavy atom. The number of alkyl halides is 3. The Bertz CT molecular complexity index is 423. The van der Waals surface area contributed by atoms with Crippen molar-refractivity contribution in [1.82, 2.24) is 5.43 Å². The second-order valence-corrected chi connectivity index (χ2v) is 4.04. The van der Waals surface area contributed by atoms with Crippen LogP contribution in [0, 0.1) is 0 Å². The lowest BCUT2D eigenvalue weighted by atomic mass is 10.1. The lowest BCUT2D eigenvalue weighted by Crippen LogP contribution is -2.39. The Morgan fingerprint density at radius 2 is 1.81 bits per heavy atom. The van der Waals surface area contributed by atoms with Gasteiger partial charge < -0.3 is 14.2 Å². The van der Waals surface area contributed by atoms with Crippen LogP contribution in [-0.4, -0.2) is 25.9 Å². The van der Waals surface area contributed by atoms with E-state index in [0.29, 0.717) is 18.8 Å². The van der Waals surface area contributed by atoms with Gasteiger partial charge in [-0.25, -0.2) is 5.43 Å². The third-order valence-corrected chi connectivity index (χ3v) is 2.56. The van der Waals surface area contributed by atoms with Crippen LogP contribution in [0.1, 0.15) is 25.5 Å². The molecule has 3 N–H and O–H groups in total. The van der Waals surface area contributed by atoms with Crippen LogP contribution in [0.4, 0.5) is 13.2 Å². The minimum Gasteiger partial charge on any atom is -0.406 e. The van der Waals surface area contributed by atoms with E-state index in [2.05, 4.69) is 10.2 Å². The Labute approximate surface area is 121 Å². The van der Waals surface area contributed by atoms with Crippen molar-refractivity contribution in [2.75, 3.05) is 13.2 Å². The highest BCUT2D eigenvalue weighted by Gasteiger charge is 2.31. The summed E-state index contributed by atoms with van der Waals surface area (Å²) in [4.78, 5) is 0. The third kappa shape index (κ3) is 5.88. The number of hydrogen-bond donors (Lipinski definition) is 2. The molecule has 1 aromatic carbocycles. The molecule has 0 aliphatic heterocycles. The first-order chi connectivity index (χ1) is 9.91. The van der Waals surface area contributed by atoms with Crippen LogP contribution in [0.3, 0.4) is 0 Å². The van der Waals surface area contributed by atoms with Gasteiger partial charge in [-0.3, -0.25) is 5.84 Å². The van der Waals surface area contributed by atoms with Gasteiger partial charge in [-0.05, 0) is 31.5 Å². The summed E-state index contributed by atoms with van der Waals surface area (Å²) < 4.78 is 51.4. The van der Waals surface area contributed by atoms with Crippen molar-refractivity contribution in [2.45, 2.75) is 32.5 Å². The van der Waals surface area contributed by atoms with E-state index in [9.17, 15) is 13.2 Å². The summed E-state index contributed by atoms with van der Waals surface area (Å²) in [7, 11) is 0. The highest BCUT2D eigenvalue weighted by Crippen LogP contribution is 2.27. The van der Waals surface area contributed by atoms with Crippen molar-refractivity contribution in [1.29, 1.82) is 0 Å². The van der Waals surface area contributed by atoms with Crippen molar-refractivity contribution in [3.63, 3.8) is 0 Å². The minimum atomic E-state index is -4.75. The van der Waals surface area contributed by atoms with Crippen LogP contribution in [0.2, 0.25) is 0 Å². The van der Waals surface area contributed by atoms with Crippen molar-refractivity contribution in [2.24, 2.45) is 5.84 Å². The first-order valence-corrected chi connectivity index (χ1v) is 6.46. The Kier molecular flexibility index (Phi) is 6.90. The highest BCUT2D eigenvalue weighted by atomic mass is 19.4. The summed E-state index contributed by atoms with van der Waals surface area (Å²) in [5, 5.41) is 0. The number of rotatable bonds is 8. The molecule has 0 saturated heterocycles. The third-order valence-electron chi connectivity index (χ3n) is 2.56. The highest BCUT2D eigenvalue weighted by molar-refractivity contribution is 5.31. The number of hydrazine groups is 1. The van der Waals surface area contributed by atoms with Gasteiger partial charge in [-0.15, -0.1) is 13.2 Å². The van der Waals surface area contributed by atoms with Gasteiger partial charge in [0.1, 0.15) is 5.75 Å². The van der Waals surface area contributed by atoms with E-state index < -0.39 is 18.7 Å². The van der Waals surface area contributed by atoms with E-state index >= 15 is 0 Å². The minimum absolute atomic E-state index is 0.327. The van der Waals surface area contributed by atoms with Gasteiger partial charge in [0.25, 0.3) is 0 Å². The molecule has 0 aromatic heterocycles. The van der Waals surface area contributed by atoms with Gasteiger partial charge in [0, 0.05) is 13.2 Å². The monoisotopic (exact) mass is 308 g/mol. The molecule has 120 valence electrons. The van der Waals surface area contributed by atoms with Gasteiger partial charge in [-0.2, -0.15) is 0 Å². The average molecular weight is 308 g/mol. The van der Waals surface area contributed by atoms with E-state index in [1.165, 1.54) is 18.2 Å². The summed E-state index contributed by atoms with van der Waals surface area (Å²) in [5.41, 5.74) is 2.96. The quantitative estimate of drug-likeness (QED) is 0.439. The van der Waals surface area contributed by atoms with Crippen molar-refractivity contribution in [3.8, 4) is 5.75 Å². The second kappa shape index (κ2) is 8.18. The zero-order valence-corrected chi connectivity index (χ0v) is 11.8. The molecular formula is C13H19F3N2O3. The van der Waals surface area contributed by atoms with Gasteiger partial charge in [0.15, 0.2) is 6.29 Å². The lowest BCUT2D eigenvalue weighted by molar-refractivity contribution is -0.274. The number of benzene rings is 1. The van der Waals surface area contributed by atoms with Gasteiger partial charge in [-0.1, -0.05) is 12.1 Å². The number of nitrogens with two attached hydrogens (primary N) is 1. The summed E-state index contributed by atoms with van der Waals surface area (Å²) in [5.74, 6) is 5.14. The molecule has 0 aliphatic carbocycles. The molecule has 21 heavy (non-hydrogen) atoms. The van der Waals surface area contributed by atoms with Crippen molar-refractivity contribution in [3.05, 3.63) is 29.8 Å². The normalized spacial score (nSPS) is 13.5. The first kappa shape index (κ1) is 17.7.